The van der Waals surface area contributed by atoms with Crippen molar-refractivity contribution < 1.29 is 19.1 Å². The maximum Gasteiger partial charge on any atom is 0.277 e. The van der Waals surface area contributed by atoms with Gasteiger partial charge in [-0.25, -0.2) is 19.3 Å². The second-order valence-corrected chi connectivity index (χ2v) is 7.49. The molecule has 3 heterocycles. The molecular weight excluding hydrogens is 479 g/mol. The second kappa shape index (κ2) is 10.2. The van der Waals surface area contributed by atoms with E-state index in [2.05, 4.69) is 25.6 Å². The molecule has 12 heteroatoms. The lowest BCUT2D eigenvalue weighted by atomic mass is 10.2. The molecule has 4 aromatic rings. The number of rotatable bonds is 6. The molecule has 0 aliphatic carbocycles. The number of anilines is 2. The maximum absolute atomic E-state index is 14.8. The molecule has 0 bridgehead atoms. The minimum absolute atomic E-state index is 0.146. The Morgan fingerprint density at radius 1 is 1.00 bits per heavy atom. The third-order valence-electron chi connectivity index (χ3n) is 4.77. The summed E-state index contributed by atoms with van der Waals surface area (Å²) in [6.45, 7) is -0.460. The number of aromatic nitrogens is 4. The van der Waals surface area contributed by atoms with Gasteiger partial charge in [0.15, 0.2) is 11.4 Å². The smallest absolute Gasteiger partial charge is 0.277 e. The highest BCUT2D eigenvalue weighted by atomic mass is 35.5. The normalized spacial score (nSPS) is 10.6. The molecule has 0 aliphatic rings. The number of benzene rings is 1. The van der Waals surface area contributed by atoms with E-state index in [-0.39, 0.29) is 34.1 Å². The Bertz CT molecular complexity index is 1480. The quantitative estimate of drug-likeness (QED) is 0.374. The molecule has 10 nitrogen and oxygen atoms in total. The fourth-order valence-electron chi connectivity index (χ4n) is 3.09. The van der Waals surface area contributed by atoms with Gasteiger partial charge in [-0.05, 0) is 36.4 Å². The first kappa shape index (κ1) is 23.7. The number of halogens is 2. The number of nitrogens with zero attached hydrogens (tertiary/aromatic N) is 4. The molecular formula is C23H16ClFN6O4. The van der Waals surface area contributed by atoms with Crippen molar-refractivity contribution in [2.75, 3.05) is 10.6 Å². The molecule has 0 radical (unpaired) electrons. The van der Waals surface area contributed by atoms with Crippen molar-refractivity contribution in [2.24, 2.45) is 0 Å². The Morgan fingerprint density at radius 3 is 2.34 bits per heavy atom. The van der Waals surface area contributed by atoms with Crippen molar-refractivity contribution in [2.45, 2.75) is 6.61 Å². The summed E-state index contributed by atoms with van der Waals surface area (Å²) < 4.78 is 16.0. The van der Waals surface area contributed by atoms with Gasteiger partial charge in [0.2, 0.25) is 0 Å². The van der Waals surface area contributed by atoms with Gasteiger partial charge in [-0.3, -0.25) is 19.0 Å². The van der Waals surface area contributed by atoms with Gasteiger partial charge in [0.1, 0.15) is 11.6 Å². The van der Waals surface area contributed by atoms with Crippen molar-refractivity contribution in [1.82, 2.24) is 19.5 Å². The largest absolute Gasteiger partial charge is 0.391 e. The Morgan fingerprint density at radius 2 is 1.71 bits per heavy atom. The van der Waals surface area contributed by atoms with Gasteiger partial charge < -0.3 is 15.7 Å². The van der Waals surface area contributed by atoms with Crippen LogP contribution in [0.1, 0.15) is 26.5 Å². The van der Waals surface area contributed by atoms with Crippen molar-refractivity contribution >= 4 is 34.9 Å². The molecule has 0 saturated carbocycles. The van der Waals surface area contributed by atoms with Crippen LogP contribution in [0.5, 0.6) is 0 Å². The van der Waals surface area contributed by atoms with Gasteiger partial charge >= 0.3 is 0 Å². The molecule has 35 heavy (non-hydrogen) atoms. The van der Waals surface area contributed by atoms with Gasteiger partial charge in [0, 0.05) is 36.4 Å². The number of carbonyl (C=O) groups is 2. The molecule has 1 aromatic carbocycles. The Kier molecular flexibility index (Phi) is 6.90. The summed E-state index contributed by atoms with van der Waals surface area (Å²) in [6, 6.07) is 9.72. The summed E-state index contributed by atoms with van der Waals surface area (Å²) in [7, 11) is 0. The first-order valence-corrected chi connectivity index (χ1v) is 10.4. The average molecular weight is 495 g/mol. The first-order chi connectivity index (χ1) is 16.9. The van der Waals surface area contributed by atoms with Crippen molar-refractivity contribution in [1.29, 1.82) is 0 Å². The molecule has 0 unspecified atom stereocenters. The third kappa shape index (κ3) is 5.21. The van der Waals surface area contributed by atoms with E-state index in [0.717, 1.165) is 10.6 Å². The molecule has 3 aromatic heterocycles. The highest BCUT2D eigenvalue weighted by Crippen LogP contribution is 2.19. The highest BCUT2D eigenvalue weighted by molar-refractivity contribution is 6.30. The van der Waals surface area contributed by atoms with Crippen LogP contribution >= 0.6 is 11.6 Å². The van der Waals surface area contributed by atoms with Crippen LogP contribution < -0.4 is 16.2 Å². The Hall–Kier alpha value is -4.48. The van der Waals surface area contributed by atoms with E-state index in [1.165, 1.54) is 55.1 Å². The van der Waals surface area contributed by atoms with E-state index in [1.807, 2.05) is 0 Å². The number of hydrogen-bond acceptors (Lipinski definition) is 7. The SMILES string of the molecule is O=C(Nc1ccc(Cl)cn1)c1nccnc1C(=O)Nc1ccc(-n2cccc(CO)c2=O)cc1F. The number of nitrogens with one attached hydrogen (secondary N) is 2. The summed E-state index contributed by atoms with van der Waals surface area (Å²) in [5.41, 5.74) is -1.01. The van der Waals surface area contributed by atoms with Crippen LogP contribution in [0.25, 0.3) is 5.69 Å². The van der Waals surface area contributed by atoms with Crippen LogP contribution in [-0.2, 0) is 6.61 Å². The zero-order valence-corrected chi connectivity index (χ0v) is 18.5. The molecule has 176 valence electrons. The summed E-state index contributed by atoms with van der Waals surface area (Å²) in [5.74, 6) is -2.29. The lowest BCUT2D eigenvalue weighted by Gasteiger charge is -2.11. The number of hydrogen-bond donors (Lipinski definition) is 3. The van der Waals surface area contributed by atoms with Gasteiger partial charge in [-0.15, -0.1) is 0 Å². The van der Waals surface area contributed by atoms with E-state index in [0.29, 0.717) is 5.02 Å². The molecule has 4 rings (SSSR count). The fraction of sp³-hybridized carbons (Fsp3) is 0.0435. The van der Waals surface area contributed by atoms with Gasteiger partial charge in [-0.2, -0.15) is 0 Å². The molecule has 3 N–H and O–H groups in total. The molecule has 0 saturated heterocycles. The van der Waals surface area contributed by atoms with Crippen molar-refractivity contribution in [3.05, 3.63) is 105 Å². The molecule has 0 aliphatic heterocycles. The van der Waals surface area contributed by atoms with Crippen molar-refractivity contribution in [3.63, 3.8) is 0 Å². The third-order valence-corrected chi connectivity index (χ3v) is 5.00. The van der Waals surface area contributed by atoms with Gasteiger partial charge in [0.25, 0.3) is 17.4 Å². The van der Waals surface area contributed by atoms with E-state index < -0.39 is 29.8 Å². The van der Waals surface area contributed by atoms with Crippen LogP contribution in [0.4, 0.5) is 15.9 Å². The maximum atomic E-state index is 14.8. The highest BCUT2D eigenvalue weighted by Gasteiger charge is 2.22. The average Bonchev–Trinajstić information content (AvgIpc) is 2.86. The van der Waals surface area contributed by atoms with E-state index in [4.69, 9.17) is 11.6 Å². The molecule has 0 atom stereocenters. The second-order valence-electron chi connectivity index (χ2n) is 7.05. The number of pyridine rings is 2. The van der Waals surface area contributed by atoms with Crippen molar-refractivity contribution in [3.8, 4) is 5.69 Å². The zero-order valence-electron chi connectivity index (χ0n) is 17.8. The van der Waals surface area contributed by atoms with Crippen LogP contribution in [0.15, 0.2) is 72.0 Å². The summed E-state index contributed by atoms with van der Waals surface area (Å²) in [4.78, 5) is 49.6. The lowest BCUT2D eigenvalue weighted by molar-refractivity contribution is 0.0982. The van der Waals surface area contributed by atoms with Crippen LogP contribution in [0, 0.1) is 5.82 Å². The fourth-order valence-corrected chi connectivity index (χ4v) is 3.21. The lowest BCUT2D eigenvalue weighted by Crippen LogP contribution is -2.24. The van der Waals surface area contributed by atoms with E-state index in [1.54, 1.807) is 6.07 Å². The molecule has 2 amide bonds. The number of carbonyl (C=O) groups excluding carboxylic acids is 2. The van der Waals surface area contributed by atoms with E-state index in [9.17, 15) is 23.9 Å². The number of aliphatic hydroxyl groups excluding tert-OH is 1. The molecule has 0 fully saturated rings. The van der Waals surface area contributed by atoms with Crippen LogP contribution in [0.3, 0.4) is 0 Å². The van der Waals surface area contributed by atoms with Crippen LogP contribution in [0.2, 0.25) is 5.02 Å². The van der Waals surface area contributed by atoms with Gasteiger partial charge in [-0.1, -0.05) is 11.6 Å². The Labute approximate surface area is 202 Å². The molecule has 0 spiro atoms. The predicted molar refractivity (Wildman–Crippen MR) is 125 cm³/mol. The summed E-state index contributed by atoms with van der Waals surface area (Å²) in [6.07, 6.45) is 5.21. The number of amides is 2. The minimum atomic E-state index is -0.876. The predicted octanol–water partition coefficient (Wildman–Crippen LogP) is 2.81. The zero-order chi connectivity index (χ0) is 24.9. The monoisotopic (exact) mass is 494 g/mol. The summed E-state index contributed by atoms with van der Waals surface area (Å²) in [5, 5.41) is 14.5. The Balaban J connectivity index is 1.56. The number of aliphatic hydroxyl groups is 1. The van der Waals surface area contributed by atoms with Crippen LogP contribution in [-0.4, -0.2) is 36.4 Å². The first-order valence-electron chi connectivity index (χ1n) is 10.0. The topological polar surface area (TPSA) is 139 Å². The minimum Gasteiger partial charge on any atom is -0.391 e. The van der Waals surface area contributed by atoms with E-state index >= 15 is 0 Å². The standard InChI is InChI=1S/C23H16ClFN6O4/c24-14-3-6-18(28-11-14)30-22(34)20-19(26-7-8-27-20)21(33)29-17-5-4-15(10-16(17)25)31-9-1-2-13(12-32)23(31)35/h1-11,32H,12H2,(H,29,33)(H,28,30,34). The summed E-state index contributed by atoms with van der Waals surface area (Å²) >= 11 is 5.78. The van der Waals surface area contributed by atoms with Gasteiger partial charge in [0.05, 0.1) is 23.0 Å².